The first kappa shape index (κ1) is 19.0. The highest BCUT2D eigenvalue weighted by Crippen LogP contribution is 2.43. The molecule has 0 amide bonds. The molecule has 0 fully saturated rings. The molecule has 0 radical (unpaired) electrons. The van der Waals surface area contributed by atoms with Gasteiger partial charge in [0.1, 0.15) is 0 Å². The van der Waals surface area contributed by atoms with Crippen LogP contribution in [0.25, 0.3) is 0 Å². The molecule has 4 nitrogen and oxygen atoms in total. The number of halogens is 3. The van der Waals surface area contributed by atoms with Crippen LogP contribution in [0.3, 0.4) is 0 Å². The second-order valence-electron chi connectivity index (χ2n) is 4.04. The van der Waals surface area contributed by atoms with Crippen molar-refractivity contribution < 1.29 is 9.84 Å². The molecule has 0 aromatic heterocycles. The van der Waals surface area contributed by atoms with Crippen LogP contribution in [0.5, 0.6) is 11.5 Å². The van der Waals surface area contributed by atoms with Crippen molar-refractivity contribution in [1.82, 2.24) is 0 Å². The third-order valence-electron chi connectivity index (χ3n) is 2.76. The number of phenols is 1. The Hall–Kier alpha value is -0.0100. The summed E-state index contributed by atoms with van der Waals surface area (Å²) < 4.78 is 6.45. The fourth-order valence-corrected chi connectivity index (χ4v) is 2.72. The summed E-state index contributed by atoms with van der Waals surface area (Å²) in [7, 11) is 1.51. The van der Waals surface area contributed by atoms with E-state index in [2.05, 4.69) is 31.9 Å². The average Bonchev–Trinajstić information content (AvgIpc) is 2.36. The van der Waals surface area contributed by atoms with Crippen molar-refractivity contribution in [3.8, 4) is 11.5 Å². The van der Waals surface area contributed by atoms with Crippen LogP contribution in [0.1, 0.15) is 30.9 Å². The van der Waals surface area contributed by atoms with Gasteiger partial charge in [-0.25, -0.2) is 0 Å². The average molecular weight is 419 g/mol. The van der Waals surface area contributed by atoms with Gasteiger partial charge >= 0.3 is 0 Å². The van der Waals surface area contributed by atoms with E-state index >= 15 is 0 Å². The van der Waals surface area contributed by atoms with Crippen LogP contribution < -0.4 is 16.2 Å². The Morgan fingerprint density at radius 2 is 1.95 bits per heavy atom. The maximum absolute atomic E-state index is 9.84. The summed E-state index contributed by atoms with van der Waals surface area (Å²) in [6.07, 6.45) is 2.78. The number of hydrogen-bond donors (Lipinski definition) is 3. The molecule has 0 aliphatic rings. The molecule has 0 aliphatic carbocycles. The molecule has 1 atom stereocenters. The number of phenolic OH excluding ortho intramolecular Hbond substituents is 1. The van der Waals surface area contributed by atoms with Crippen molar-refractivity contribution in [3.05, 3.63) is 20.6 Å². The molecule has 0 heterocycles. The topological polar surface area (TPSA) is 81.5 Å². The van der Waals surface area contributed by atoms with Crippen LogP contribution in [0, 0.1) is 0 Å². The number of nitrogens with two attached hydrogens (primary N) is 2. The molecule has 0 saturated carbocycles. The van der Waals surface area contributed by atoms with Crippen LogP contribution in [0.2, 0.25) is 0 Å². The molecule has 0 aliphatic heterocycles. The predicted octanol–water partition coefficient (Wildman–Crippen LogP) is 3.48. The fraction of sp³-hybridized carbons (Fsp3) is 0.500. The molecule has 0 bridgehead atoms. The lowest BCUT2D eigenvalue weighted by Gasteiger charge is -2.17. The summed E-state index contributed by atoms with van der Waals surface area (Å²) in [5, 5.41) is 9.84. The van der Waals surface area contributed by atoms with E-state index in [9.17, 15) is 5.11 Å². The maximum Gasteiger partial charge on any atom is 0.173 e. The first-order valence-corrected chi connectivity index (χ1v) is 7.32. The minimum Gasteiger partial charge on any atom is -0.503 e. The van der Waals surface area contributed by atoms with Crippen molar-refractivity contribution in [2.75, 3.05) is 13.7 Å². The van der Waals surface area contributed by atoms with E-state index in [4.69, 9.17) is 16.2 Å². The van der Waals surface area contributed by atoms with Crippen LogP contribution in [0.4, 0.5) is 0 Å². The molecule has 1 aromatic carbocycles. The molecule has 0 unspecified atom stereocenters. The minimum atomic E-state index is -0.114. The van der Waals surface area contributed by atoms with Gasteiger partial charge in [-0.3, -0.25) is 0 Å². The first-order chi connectivity index (χ1) is 8.52. The normalized spacial score (nSPS) is 11.8. The molecule has 5 N–H and O–H groups in total. The van der Waals surface area contributed by atoms with E-state index in [0.717, 1.165) is 29.3 Å². The number of benzene rings is 1. The maximum atomic E-state index is 9.84. The van der Waals surface area contributed by atoms with Crippen molar-refractivity contribution in [3.63, 3.8) is 0 Å². The lowest BCUT2D eigenvalue weighted by Crippen LogP contribution is -2.12. The van der Waals surface area contributed by atoms with Gasteiger partial charge in [0.15, 0.2) is 11.5 Å². The van der Waals surface area contributed by atoms with Gasteiger partial charge in [-0.2, -0.15) is 0 Å². The lowest BCUT2D eigenvalue weighted by molar-refractivity contribution is 0.370. The Kier molecular flexibility index (Phi) is 9.02. The standard InChI is InChI=1S/C12H18Br2N2O2.ClH/c1-18-9-6-7(8(16)4-2-3-5-15)10(13)11(14)12(9)17;/h6,8,17H,2-5,15-16H2,1H3;1H/t8-;/m1./s1. The van der Waals surface area contributed by atoms with Crippen molar-refractivity contribution in [2.45, 2.75) is 25.3 Å². The molecular formula is C12H19Br2ClN2O2. The Morgan fingerprint density at radius 1 is 1.32 bits per heavy atom. The molecule has 0 spiro atoms. The van der Waals surface area contributed by atoms with Crippen LogP contribution in [-0.4, -0.2) is 18.8 Å². The minimum absolute atomic E-state index is 0. The highest BCUT2D eigenvalue weighted by molar-refractivity contribution is 9.13. The van der Waals surface area contributed by atoms with E-state index in [1.165, 1.54) is 7.11 Å². The lowest BCUT2D eigenvalue weighted by atomic mass is 10.0. The summed E-state index contributed by atoms with van der Waals surface area (Å²) >= 11 is 6.76. The van der Waals surface area contributed by atoms with Gasteiger partial charge in [-0.1, -0.05) is 6.42 Å². The zero-order valence-corrected chi connectivity index (χ0v) is 14.6. The van der Waals surface area contributed by atoms with E-state index in [1.807, 2.05) is 0 Å². The fourth-order valence-electron chi connectivity index (χ4n) is 1.70. The molecule has 1 aromatic rings. The summed E-state index contributed by atoms with van der Waals surface area (Å²) in [4.78, 5) is 0. The predicted molar refractivity (Wildman–Crippen MR) is 87.1 cm³/mol. The number of methoxy groups -OCH3 is 1. The molecule has 7 heteroatoms. The van der Waals surface area contributed by atoms with Gasteiger partial charge in [0.2, 0.25) is 0 Å². The number of rotatable bonds is 6. The highest BCUT2D eigenvalue weighted by atomic mass is 79.9. The van der Waals surface area contributed by atoms with E-state index in [-0.39, 0.29) is 24.2 Å². The van der Waals surface area contributed by atoms with Crippen molar-refractivity contribution >= 4 is 44.3 Å². The second-order valence-corrected chi connectivity index (χ2v) is 5.62. The van der Waals surface area contributed by atoms with Gasteiger partial charge in [0.25, 0.3) is 0 Å². The Morgan fingerprint density at radius 3 is 2.47 bits per heavy atom. The van der Waals surface area contributed by atoms with Crippen molar-refractivity contribution in [1.29, 1.82) is 0 Å². The Bertz CT molecular complexity index is 419. The smallest absolute Gasteiger partial charge is 0.173 e. The van der Waals surface area contributed by atoms with Gasteiger partial charge in [-0.05, 0) is 62.9 Å². The monoisotopic (exact) mass is 416 g/mol. The van der Waals surface area contributed by atoms with Gasteiger partial charge in [0.05, 0.1) is 11.6 Å². The van der Waals surface area contributed by atoms with Crippen LogP contribution in [-0.2, 0) is 0 Å². The largest absolute Gasteiger partial charge is 0.503 e. The summed E-state index contributed by atoms with van der Waals surface area (Å²) in [6.45, 7) is 0.677. The van der Waals surface area contributed by atoms with Crippen LogP contribution in [0.15, 0.2) is 15.0 Å². The van der Waals surface area contributed by atoms with E-state index in [0.29, 0.717) is 16.8 Å². The zero-order chi connectivity index (χ0) is 13.7. The third-order valence-corrected chi connectivity index (χ3v) is 4.92. The van der Waals surface area contributed by atoms with E-state index < -0.39 is 0 Å². The van der Waals surface area contributed by atoms with Gasteiger partial charge in [0, 0.05) is 10.5 Å². The Balaban J connectivity index is 0.00000324. The van der Waals surface area contributed by atoms with Gasteiger partial charge < -0.3 is 21.3 Å². The molecule has 19 heavy (non-hydrogen) atoms. The number of ether oxygens (including phenoxy) is 1. The summed E-state index contributed by atoms with van der Waals surface area (Å²) in [5.74, 6) is 0.483. The number of unbranched alkanes of at least 4 members (excludes halogenated alkanes) is 1. The molecule has 1 rings (SSSR count). The second kappa shape index (κ2) is 9.02. The quantitative estimate of drug-likeness (QED) is 0.618. The zero-order valence-electron chi connectivity index (χ0n) is 10.7. The van der Waals surface area contributed by atoms with Crippen molar-refractivity contribution in [2.24, 2.45) is 11.5 Å². The number of aromatic hydroxyl groups is 1. The SMILES string of the molecule is COc1cc([C@H](N)CCCCN)c(Br)c(Br)c1O.Cl. The molecule has 0 saturated heterocycles. The molecular weight excluding hydrogens is 399 g/mol. The van der Waals surface area contributed by atoms with E-state index in [1.54, 1.807) is 6.07 Å². The Labute approximate surface area is 136 Å². The molecule has 110 valence electrons. The third kappa shape index (κ3) is 4.79. The van der Waals surface area contributed by atoms with Gasteiger partial charge in [-0.15, -0.1) is 12.4 Å². The highest BCUT2D eigenvalue weighted by Gasteiger charge is 2.18. The summed E-state index contributed by atoms with van der Waals surface area (Å²) in [6, 6.07) is 1.65. The van der Waals surface area contributed by atoms with Crippen LogP contribution >= 0.6 is 44.3 Å². The first-order valence-electron chi connectivity index (χ1n) is 5.73. The summed E-state index contributed by atoms with van der Waals surface area (Å²) in [5.41, 5.74) is 12.5. The number of hydrogen-bond acceptors (Lipinski definition) is 4.